The Balaban J connectivity index is 4.46. The number of carboxylic acid groups (broad SMARTS) is 3. The molecular formula is C37H70NO6+. The van der Waals surface area contributed by atoms with Crippen LogP contribution < -0.4 is 0 Å². The molecule has 7 nitrogen and oxygen atoms in total. The van der Waals surface area contributed by atoms with Crippen molar-refractivity contribution in [3.8, 4) is 0 Å². The third kappa shape index (κ3) is 23.5. The van der Waals surface area contributed by atoms with Crippen molar-refractivity contribution >= 4 is 17.9 Å². The van der Waals surface area contributed by atoms with Gasteiger partial charge in [0.25, 0.3) is 0 Å². The third-order valence-corrected chi connectivity index (χ3v) is 9.54. The number of hydrogen-bond acceptors (Lipinski definition) is 3. The highest BCUT2D eigenvalue weighted by atomic mass is 16.4. The summed E-state index contributed by atoms with van der Waals surface area (Å²) in [4.78, 5) is 34.5. The fourth-order valence-corrected chi connectivity index (χ4v) is 5.84. The van der Waals surface area contributed by atoms with E-state index in [2.05, 4.69) is 19.1 Å². The molecule has 0 bridgehead atoms. The molecule has 44 heavy (non-hydrogen) atoms. The Hall–Kier alpha value is -1.89. The average molecular weight is 625 g/mol. The number of unbranched alkanes of at least 4 members (excludes halogenated alkanes) is 16. The van der Waals surface area contributed by atoms with E-state index in [-0.39, 0.29) is 0 Å². The lowest BCUT2D eigenvalue weighted by molar-refractivity contribution is -0.929. The summed E-state index contributed by atoms with van der Waals surface area (Å²) >= 11 is 0. The number of quaternary nitrogens is 1. The van der Waals surface area contributed by atoms with E-state index < -0.39 is 35.7 Å². The normalized spacial score (nSPS) is 15.2. The number of rotatable bonds is 32. The molecule has 0 fully saturated rings. The molecule has 0 saturated heterocycles. The van der Waals surface area contributed by atoms with Gasteiger partial charge in [-0.15, -0.1) is 0 Å². The van der Waals surface area contributed by atoms with Gasteiger partial charge in [0.05, 0.1) is 43.9 Å². The number of carboxylic acids is 3. The molecule has 0 aliphatic carbocycles. The van der Waals surface area contributed by atoms with E-state index in [9.17, 15) is 29.7 Å². The molecule has 0 aromatic carbocycles. The van der Waals surface area contributed by atoms with Gasteiger partial charge in [-0.2, -0.15) is 0 Å². The quantitative estimate of drug-likeness (QED) is 0.0390. The van der Waals surface area contributed by atoms with Crippen LogP contribution in [0.15, 0.2) is 12.2 Å². The van der Waals surface area contributed by atoms with Crippen LogP contribution in [0.2, 0.25) is 0 Å². The van der Waals surface area contributed by atoms with E-state index in [1.54, 1.807) is 20.8 Å². The Morgan fingerprint density at radius 2 is 0.773 bits per heavy atom. The van der Waals surface area contributed by atoms with Crippen LogP contribution in [0.1, 0.15) is 163 Å². The number of nitrogens with zero attached hydrogens (tertiary/aromatic N) is 1. The van der Waals surface area contributed by atoms with E-state index in [0.717, 1.165) is 19.4 Å². The van der Waals surface area contributed by atoms with E-state index in [1.165, 1.54) is 103 Å². The van der Waals surface area contributed by atoms with Crippen LogP contribution in [0.25, 0.3) is 0 Å². The first-order valence-electron chi connectivity index (χ1n) is 18.2. The van der Waals surface area contributed by atoms with Gasteiger partial charge in [-0.1, -0.05) is 136 Å². The minimum absolute atomic E-state index is 0.487. The smallest absolute Gasteiger partial charge is 0.306 e. The molecule has 0 heterocycles. The maximum absolute atomic E-state index is 11.5. The summed E-state index contributed by atoms with van der Waals surface area (Å²) in [5.41, 5.74) is 0. The van der Waals surface area contributed by atoms with Gasteiger partial charge in [-0.05, 0) is 12.8 Å². The molecule has 0 amide bonds. The number of hydrogen-bond donors (Lipinski definition) is 3. The number of allylic oxidation sites excluding steroid dienone is 1. The fourth-order valence-electron chi connectivity index (χ4n) is 5.84. The molecule has 0 radical (unpaired) electrons. The van der Waals surface area contributed by atoms with Crippen molar-refractivity contribution in [1.82, 2.24) is 0 Å². The lowest BCUT2D eigenvalue weighted by Gasteiger charge is -2.40. The van der Waals surface area contributed by atoms with Crippen molar-refractivity contribution in [2.75, 3.05) is 26.2 Å². The SMILES string of the molecule is CCCCCCCCCCCCCCCCCC/C=C/CC[N+](CCC(C)C(=O)O)(CCC(C)C(=O)O)CCC(C)C(=O)O. The molecule has 258 valence electrons. The molecule has 0 aromatic heterocycles. The number of carbonyl (C=O) groups is 3. The lowest BCUT2D eigenvalue weighted by atomic mass is 10.0. The largest absolute Gasteiger partial charge is 0.481 e. The standard InChI is InChI=1S/C37H69NO6/c1-5-6-7-8-9-10-11-12-13-14-15-16-17-18-19-20-21-22-23-24-28-38(29-25-32(2)35(39)40,30-26-33(3)36(41)42)31-27-34(4)37(43)44/h22-23,32-34H,5-21,24-31H2,1-4H3,(H2-,39,40,41,42,43,44)/p+1/b23-22+. The van der Waals surface area contributed by atoms with Gasteiger partial charge in [0.2, 0.25) is 0 Å². The summed E-state index contributed by atoms with van der Waals surface area (Å²) in [7, 11) is 0. The predicted molar refractivity (Wildman–Crippen MR) is 182 cm³/mol. The Labute approximate surface area is 270 Å². The summed E-state index contributed by atoms with van der Waals surface area (Å²) in [6, 6.07) is 0. The summed E-state index contributed by atoms with van der Waals surface area (Å²) in [6.45, 7) is 9.98. The monoisotopic (exact) mass is 625 g/mol. The fraction of sp³-hybridized carbons (Fsp3) is 0.865. The summed E-state index contributed by atoms with van der Waals surface area (Å²) in [5.74, 6) is -3.98. The molecular weight excluding hydrogens is 554 g/mol. The van der Waals surface area contributed by atoms with Crippen LogP contribution in [0.4, 0.5) is 0 Å². The van der Waals surface area contributed by atoms with Gasteiger partial charge in [0.15, 0.2) is 0 Å². The van der Waals surface area contributed by atoms with E-state index >= 15 is 0 Å². The molecule has 0 aromatic rings. The Kier molecular flexibility index (Phi) is 26.2. The van der Waals surface area contributed by atoms with E-state index in [0.29, 0.717) is 43.4 Å². The minimum Gasteiger partial charge on any atom is -0.481 e. The zero-order valence-electron chi connectivity index (χ0n) is 29.1. The maximum atomic E-state index is 11.5. The average Bonchev–Trinajstić information content (AvgIpc) is 2.99. The van der Waals surface area contributed by atoms with Crippen LogP contribution in [-0.2, 0) is 14.4 Å². The molecule has 7 heteroatoms. The van der Waals surface area contributed by atoms with Crippen molar-refractivity contribution in [1.29, 1.82) is 0 Å². The highest BCUT2D eigenvalue weighted by molar-refractivity contribution is 5.70. The van der Waals surface area contributed by atoms with E-state index in [4.69, 9.17) is 0 Å². The second-order valence-electron chi connectivity index (χ2n) is 13.7. The highest BCUT2D eigenvalue weighted by Gasteiger charge is 2.31. The zero-order chi connectivity index (χ0) is 33.1. The van der Waals surface area contributed by atoms with E-state index in [1.807, 2.05) is 0 Å². The topological polar surface area (TPSA) is 112 Å². The van der Waals surface area contributed by atoms with Gasteiger partial charge >= 0.3 is 17.9 Å². The van der Waals surface area contributed by atoms with Crippen LogP contribution in [0.3, 0.4) is 0 Å². The summed E-state index contributed by atoms with van der Waals surface area (Å²) in [5, 5.41) is 28.3. The Morgan fingerprint density at radius 3 is 1.09 bits per heavy atom. The van der Waals surface area contributed by atoms with Crippen molar-refractivity contribution in [2.24, 2.45) is 17.8 Å². The van der Waals surface area contributed by atoms with Gasteiger partial charge in [0, 0.05) is 25.7 Å². The van der Waals surface area contributed by atoms with Gasteiger partial charge in [-0.3, -0.25) is 14.4 Å². The second kappa shape index (κ2) is 27.4. The summed E-state index contributed by atoms with van der Waals surface area (Å²) in [6.07, 6.45) is 29.6. The van der Waals surface area contributed by atoms with Crippen LogP contribution in [0, 0.1) is 17.8 Å². The molecule has 3 unspecified atom stereocenters. The molecule has 0 rings (SSSR count). The van der Waals surface area contributed by atoms with Gasteiger partial charge in [-0.25, -0.2) is 0 Å². The van der Waals surface area contributed by atoms with Crippen LogP contribution in [0.5, 0.6) is 0 Å². The first kappa shape index (κ1) is 42.1. The van der Waals surface area contributed by atoms with Crippen LogP contribution in [-0.4, -0.2) is 63.9 Å². The minimum atomic E-state index is -0.834. The molecule has 3 N–H and O–H groups in total. The second-order valence-corrected chi connectivity index (χ2v) is 13.7. The first-order chi connectivity index (χ1) is 21.0. The Morgan fingerprint density at radius 1 is 0.477 bits per heavy atom. The molecule has 0 spiro atoms. The lowest BCUT2D eigenvalue weighted by Crippen LogP contribution is -2.52. The zero-order valence-corrected chi connectivity index (χ0v) is 29.1. The highest BCUT2D eigenvalue weighted by Crippen LogP contribution is 2.21. The molecule has 3 atom stereocenters. The maximum Gasteiger partial charge on any atom is 0.306 e. The van der Waals surface area contributed by atoms with Crippen LogP contribution >= 0.6 is 0 Å². The van der Waals surface area contributed by atoms with Crippen molar-refractivity contribution in [3.05, 3.63) is 12.2 Å². The van der Waals surface area contributed by atoms with Crippen molar-refractivity contribution in [2.45, 2.75) is 163 Å². The molecule has 0 aliphatic rings. The first-order valence-corrected chi connectivity index (χ1v) is 18.2. The third-order valence-electron chi connectivity index (χ3n) is 9.54. The number of aliphatic carboxylic acids is 3. The predicted octanol–water partition coefficient (Wildman–Crippen LogP) is 9.73. The Bertz CT molecular complexity index is 707. The van der Waals surface area contributed by atoms with Crippen molar-refractivity contribution < 1.29 is 34.2 Å². The summed E-state index contributed by atoms with van der Waals surface area (Å²) < 4.78 is 0.566. The van der Waals surface area contributed by atoms with Gasteiger partial charge in [0.1, 0.15) is 0 Å². The van der Waals surface area contributed by atoms with Gasteiger partial charge < -0.3 is 19.8 Å². The van der Waals surface area contributed by atoms with Crippen molar-refractivity contribution in [3.63, 3.8) is 0 Å². The molecule has 0 saturated carbocycles. The molecule has 0 aliphatic heterocycles.